The van der Waals surface area contributed by atoms with Gasteiger partial charge in [-0.15, -0.1) is 0 Å². The maximum absolute atomic E-state index is 5.67. The van der Waals surface area contributed by atoms with Crippen LogP contribution in [0.5, 0.6) is 5.75 Å². The lowest BCUT2D eigenvalue weighted by Crippen LogP contribution is -2.31. The van der Waals surface area contributed by atoms with E-state index in [0.29, 0.717) is 10.9 Å². The summed E-state index contributed by atoms with van der Waals surface area (Å²) < 4.78 is 11.3. The number of hydrogen-bond acceptors (Lipinski definition) is 2. The van der Waals surface area contributed by atoms with Crippen LogP contribution >= 0.6 is 15.9 Å². The van der Waals surface area contributed by atoms with Gasteiger partial charge in [0.15, 0.2) is 0 Å². The van der Waals surface area contributed by atoms with Crippen molar-refractivity contribution in [3.05, 3.63) is 29.8 Å². The van der Waals surface area contributed by atoms with E-state index < -0.39 is 0 Å². The van der Waals surface area contributed by atoms with Crippen molar-refractivity contribution >= 4 is 15.9 Å². The molecule has 0 saturated heterocycles. The Morgan fingerprint density at radius 1 is 1.20 bits per heavy atom. The van der Waals surface area contributed by atoms with Crippen LogP contribution < -0.4 is 4.74 Å². The van der Waals surface area contributed by atoms with E-state index in [1.165, 1.54) is 24.8 Å². The molecule has 20 heavy (non-hydrogen) atoms. The third-order valence-corrected chi connectivity index (χ3v) is 4.65. The minimum Gasteiger partial charge on any atom is -0.491 e. The Bertz CT molecular complexity index is 396. The zero-order valence-electron chi connectivity index (χ0n) is 12.6. The molecule has 1 aromatic rings. The second kappa shape index (κ2) is 7.46. The first-order valence-electron chi connectivity index (χ1n) is 7.60. The molecule has 1 unspecified atom stereocenters. The molecule has 0 heterocycles. The van der Waals surface area contributed by atoms with Gasteiger partial charge in [-0.1, -0.05) is 28.1 Å². The maximum Gasteiger partial charge on any atom is 0.119 e. The summed E-state index contributed by atoms with van der Waals surface area (Å²) in [5.74, 6) is 1.74. The Hall–Kier alpha value is -0.540. The third-order valence-electron chi connectivity index (χ3n) is 3.75. The van der Waals surface area contributed by atoms with Gasteiger partial charge in [0.2, 0.25) is 0 Å². The van der Waals surface area contributed by atoms with Gasteiger partial charge in [-0.25, -0.2) is 0 Å². The van der Waals surface area contributed by atoms with Crippen LogP contribution in [0.4, 0.5) is 0 Å². The molecule has 112 valence electrons. The summed E-state index contributed by atoms with van der Waals surface area (Å²) in [7, 11) is 0. The van der Waals surface area contributed by atoms with Crippen LogP contribution in [-0.4, -0.2) is 18.8 Å². The van der Waals surface area contributed by atoms with E-state index in [2.05, 4.69) is 47.1 Å². The summed E-state index contributed by atoms with van der Waals surface area (Å²) in [5.41, 5.74) is 1.33. The van der Waals surface area contributed by atoms with Crippen LogP contribution in [0, 0.1) is 5.92 Å². The average Bonchev–Trinajstić information content (AvgIpc) is 2.36. The van der Waals surface area contributed by atoms with Gasteiger partial charge in [0, 0.05) is 11.4 Å². The maximum atomic E-state index is 5.67. The number of ether oxygens (including phenoxy) is 2. The van der Waals surface area contributed by atoms with Crippen LogP contribution in [0.2, 0.25) is 0 Å². The molecule has 1 saturated carbocycles. The van der Waals surface area contributed by atoms with Gasteiger partial charge in [0.05, 0.1) is 12.2 Å². The fraction of sp³-hybridized carbons (Fsp3) is 0.647. The van der Waals surface area contributed by atoms with E-state index in [1.54, 1.807) is 0 Å². The largest absolute Gasteiger partial charge is 0.491 e. The predicted molar refractivity (Wildman–Crippen MR) is 86.6 cm³/mol. The van der Waals surface area contributed by atoms with Gasteiger partial charge in [0.25, 0.3) is 0 Å². The molecular weight excluding hydrogens is 316 g/mol. The minimum absolute atomic E-state index is 0.228. The molecule has 0 aliphatic heterocycles. The summed E-state index contributed by atoms with van der Waals surface area (Å²) in [6.45, 7) is 7.01. The van der Waals surface area contributed by atoms with E-state index in [-0.39, 0.29) is 6.10 Å². The zero-order valence-corrected chi connectivity index (χ0v) is 14.2. The highest BCUT2D eigenvalue weighted by atomic mass is 79.9. The fourth-order valence-corrected chi connectivity index (χ4v) is 3.53. The van der Waals surface area contributed by atoms with Crippen molar-refractivity contribution < 1.29 is 9.47 Å². The first kappa shape index (κ1) is 15.8. The molecule has 2 rings (SSSR count). The lowest BCUT2D eigenvalue weighted by Gasteiger charge is -2.36. The smallest absolute Gasteiger partial charge is 0.119 e. The Labute approximate surface area is 131 Å². The van der Waals surface area contributed by atoms with E-state index in [9.17, 15) is 0 Å². The second-order valence-corrected chi connectivity index (χ2v) is 6.96. The van der Waals surface area contributed by atoms with Gasteiger partial charge in [-0.2, -0.15) is 0 Å². The molecular formula is C17H25BrO2. The summed E-state index contributed by atoms with van der Waals surface area (Å²) in [6, 6.07) is 8.45. The average molecular weight is 341 g/mol. The normalized spacial score (nSPS) is 23.4. The van der Waals surface area contributed by atoms with Gasteiger partial charge < -0.3 is 9.47 Å². The van der Waals surface area contributed by atoms with Gasteiger partial charge in [-0.05, 0) is 63.6 Å². The van der Waals surface area contributed by atoms with Gasteiger partial charge in [0.1, 0.15) is 5.75 Å². The molecule has 0 amide bonds. The van der Waals surface area contributed by atoms with Crippen molar-refractivity contribution in [3.63, 3.8) is 0 Å². The van der Waals surface area contributed by atoms with Crippen molar-refractivity contribution in [1.29, 1.82) is 0 Å². The Kier molecular flexibility index (Phi) is 5.91. The van der Waals surface area contributed by atoms with Crippen LogP contribution in [0.15, 0.2) is 24.3 Å². The molecule has 0 radical (unpaired) electrons. The highest BCUT2D eigenvalue weighted by Gasteiger charge is 2.31. The molecule has 0 N–H and O–H groups in total. The fourth-order valence-electron chi connectivity index (χ4n) is 2.69. The SMILES string of the molecule is CCOC1CC(CC(Br)c2ccc(OC(C)C)cc2)C1. The quantitative estimate of drug-likeness (QED) is 0.641. The van der Waals surface area contributed by atoms with Crippen LogP contribution in [-0.2, 0) is 4.74 Å². The predicted octanol–water partition coefficient (Wildman–Crippen LogP) is 5.12. The Morgan fingerprint density at radius 2 is 1.85 bits per heavy atom. The first-order valence-corrected chi connectivity index (χ1v) is 8.52. The highest BCUT2D eigenvalue weighted by Crippen LogP contribution is 2.40. The molecule has 1 fully saturated rings. The zero-order chi connectivity index (χ0) is 14.5. The van der Waals surface area contributed by atoms with Crippen molar-refractivity contribution in [3.8, 4) is 5.75 Å². The van der Waals surface area contributed by atoms with E-state index >= 15 is 0 Å². The summed E-state index contributed by atoms with van der Waals surface area (Å²) in [5, 5.41) is 0. The van der Waals surface area contributed by atoms with Crippen molar-refractivity contribution in [2.45, 2.75) is 57.1 Å². The molecule has 0 bridgehead atoms. The molecule has 2 nitrogen and oxygen atoms in total. The molecule has 1 aliphatic rings. The summed E-state index contributed by atoms with van der Waals surface area (Å²) >= 11 is 3.81. The van der Waals surface area contributed by atoms with Gasteiger partial charge >= 0.3 is 0 Å². The third kappa shape index (κ3) is 4.49. The number of halogens is 1. The molecule has 1 aliphatic carbocycles. The standard InChI is InChI=1S/C17H25BrO2/c1-4-19-16-9-13(10-16)11-17(18)14-5-7-15(8-6-14)20-12(2)3/h5-8,12-13,16-17H,4,9-11H2,1-3H3. The van der Waals surface area contributed by atoms with E-state index in [1.807, 2.05) is 13.8 Å². The van der Waals surface area contributed by atoms with Crippen LogP contribution in [0.3, 0.4) is 0 Å². The van der Waals surface area contributed by atoms with Gasteiger partial charge in [-0.3, -0.25) is 0 Å². The Balaban J connectivity index is 1.79. The molecule has 0 spiro atoms. The van der Waals surface area contributed by atoms with E-state index in [4.69, 9.17) is 9.47 Å². The number of hydrogen-bond donors (Lipinski definition) is 0. The van der Waals surface area contributed by atoms with Crippen molar-refractivity contribution in [2.75, 3.05) is 6.61 Å². The van der Waals surface area contributed by atoms with Crippen molar-refractivity contribution in [2.24, 2.45) is 5.92 Å². The van der Waals surface area contributed by atoms with Crippen LogP contribution in [0.25, 0.3) is 0 Å². The topological polar surface area (TPSA) is 18.5 Å². The number of alkyl halides is 1. The van der Waals surface area contributed by atoms with Crippen LogP contribution in [0.1, 0.15) is 50.4 Å². The molecule has 1 atom stereocenters. The molecule has 3 heteroatoms. The van der Waals surface area contributed by atoms with E-state index in [0.717, 1.165) is 18.3 Å². The molecule has 1 aromatic carbocycles. The number of rotatable bonds is 7. The second-order valence-electron chi connectivity index (χ2n) is 5.85. The lowest BCUT2D eigenvalue weighted by atomic mass is 9.78. The summed E-state index contributed by atoms with van der Waals surface area (Å²) in [6.07, 6.45) is 4.35. The minimum atomic E-state index is 0.228. The highest BCUT2D eigenvalue weighted by molar-refractivity contribution is 9.09. The first-order chi connectivity index (χ1) is 9.58. The molecule has 0 aromatic heterocycles. The monoisotopic (exact) mass is 340 g/mol. The van der Waals surface area contributed by atoms with Crippen molar-refractivity contribution in [1.82, 2.24) is 0 Å². The number of benzene rings is 1. The Morgan fingerprint density at radius 3 is 2.40 bits per heavy atom. The lowest BCUT2D eigenvalue weighted by molar-refractivity contribution is -0.0264. The summed E-state index contributed by atoms with van der Waals surface area (Å²) in [4.78, 5) is 0.433.